The van der Waals surface area contributed by atoms with Crippen molar-refractivity contribution >= 4 is 33.8 Å². The number of imidazole rings is 1. The summed E-state index contributed by atoms with van der Waals surface area (Å²) in [5.41, 5.74) is 5.75. The van der Waals surface area contributed by atoms with Gasteiger partial charge in [0, 0.05) is 42.5 Å². The molecule has 2 heterocycles. The van der Waals surface area contributed by atoms with Gasteiger partial charge < -0.3 is 10.2 Å². The fourth-order valence-corrected chi connectivity index (χ4v) is 4.14. The van der Waals surface area contributed by atoms with Crippen LogP contribution in [0, 0.1) is 13.8 Å². The summed E-state index contributed by atoms with van der Waals surface area (Å²) in [6.45, 7) is 3.94. The van der Waals surface area contributed by atoms with E-state index in [4.69, 9.17) is 0 Å². The minimum Gasteiger partial charge on any atom is -0.343 e. The third kappa shape index (κ3) is 3.71. The molecule has 0 saturated carbocycles. The Hall–Kier alpha value is -3.45. The molecule has 0 aliphatic carbocycles. The molecule has 0 spiro atoms. The van der Waals surface area contributed by atoms with Crippen LogP contribution >= 0.6 is 11.3 Å². The number of aryl methyl sites for hydroxylation is 2. The third-order valence-corrected chi connectivity index (χ3v) is 5.74. The van der Waals surface area contributed by atoms with Crippen molar-refractivity contribution in [1.82, 2.24) is 14.3 Å². The highest BCUT2D eigenvalue weighted by molar-refractivity contribution is 7.15. The summed E-state index contributed by atoms with van der Waals surface area (Å²) in [6, 6.07) is 13.3. The number of hydrogen-bond acceptors (Lipinski definition) is 4. The molecule has 0 bridgehead atoms. The maximum atomic E-state index is 12.6. The minimum atomic E-state index is -0.130. The SMILES string of the molecule is Cc1ccc(C(=O)Nc2ccc(-c3cn4c(C(=O)N(C)C)csc4n3)cc2)c(C)c1. The van der Waals surface area contributed by atoms with Crippen LogP contribution in [-0.4, -0.2) is 40.2 Å². The molecule has 30 heavy (non-hydrogen) atoms. The van der Waals surface area contributed by atoms with E-state index in [0.29, 0.717) is 16.9 Å². The molecule has 2 aromatic heterocycles. The summed E-state index contributed by atoms with van der Waals surface area (Å²) in [5, 5.41) is 4.76. The lowest BCUT2D eigenvalue weighted by molar-refractivity contribution is 0.0821. The zero-order valence-corrected chi connectivity index (χ0v) is 18.1. The molecular weight excluding hydrogens is 396 g/mol. The largest absolute Gasteiger partial charge is 0.343 e. The van der Waals surface area contributed by atoms with Crippen LogP contribution in [0.1, 0.15) is 32.0 Å². The molecular formula is C23H22N4O2S. The van der Waals surface area contributed by atoms with Gasteiger partial charge in [0.15, 0.2) is 4.96 Å². The van der Waals surface area contributed by atoms with Gasteiger partial charge in [-0.05, 0) is 37.6 Å². The van der Waals surface area contributed by atoms with E-state index in [9.17, 15) is 9.59 Å². The van der Waals surface area contributed by atoms with E-state index >= 15 is 0 Å². The smallest absolute Gasteiger partial charge is 0.271 e. The van der Waals surface area contributed by atoms with Crippen molar-refractivity contribution in [3.05, 3.63) is 76.4 Å². The number of amides is 2. The van der Waals surface area contributed by atoms with E-state index in [1.54, 1.807) is 19.0 Å². The molecule has 1 N–H and O–H groups in total. The average Bonchev–Trinajstić information content (AvgIpc) is 3.28. The van der Waals surface area contributed by atoms with Gasteiger partial charge in [-0.3, -0.25) is 14.0 Å². The Kier molecular flexibility index (Phi) is 5.13. The first-order chi connectivity index (χ1) is 14.3. The Labute approximate surface area is 178 Å². The number of carbonyl (C=O) groups excluding carboxylic acids is 2. The lowest BCUT2D eigenvalue weighted by Crippen LogP contribution is -2.22. The van der Waals surface area contributed by atoms with Crippen LogP contribution in [0.4, 0.5) is 5.69 Å². The van der Waals surface area contributed by atoms with Crippen molar-refractivity contribution in [2.45, 2.75) is 13.8 Å². The number of fused-ring (bicyclic) bond motifs is 1. The van der Waals surface area contributed by atoms with Gasteiger partial charge in [0.05, 0.1) is 5.69 Å². The minimum absolute atomic E-state index is 0.0605. The van der Waals surface area contributed by atoms with Gasteiger partial charge in [-0.2, -0.15) is 0 Å². The number of nitrogens with one attached hydrogen (secondary N) is 1. The van der Waals surface area contributed by atoms with Crippen LogP contribution in [0.15, 0.2) is 54.0 Å². The zero-order valence-electron chi connectivity index (χ0n) is 17.3. The summed E-state index contributed by atoms with van der Waals surface area (Å²) in [6.07, 6.45) is 1.87. The van der Waals surface area contributed by atoms with Crippen molar-refractivity contribution in [3.8, 4) is 11.3 Å². The van der Waals surface area contributed by atoms with Crippen molar-refractivity contribution < 1.29 is 9.59 Å². The number of rotatable bonds is 4. The fraction of sp³-hybridized carbons (Fsp3) is 0.174. The summed E-state index contributed by atoms with van der Waals surface area (Å²) in [5.74, 6) is -0.191. The molecule has 6 nitrogen and oxygen atoms in total. The van der Waals surface area contributed by atoms with Gasteiger partial charge in [0.25, 0.3) is 11.8 Å². The number of benzene rings is 2. The Balaban J connectivity index is 1.55. The third-order valence-electron chi connectivity index (χ3n) is 4.90. The maximum Gasteiger partial charge on any atom is 0.271 e. The number of nitrogens with zero attached hydrogens (tertiary/aromatic N) is 3. The van der Waals surface area contributed by atoms with E-state index in [-0.39, 0.29) is 11.8 Å². The van der Waals surface area contributed by atoms with Crippen molar-refractivity contribution in [1.29, 1.82) is 0 Å². The van der Waals surface area contributed by atoms with Crippen LogP contribution in [0.2, 0.25) is 0 Å². The van der Waals surface area contributed by atoms with Crippen molar-refractivity contribution in [2.75, 3.05) is 19.4 Å². The van der Waals surface area contributed by atoms with E-state index in [2.05, 4.69) is 10.3 Å². The Morgan fingerprint density at radius 2 is 1.80 bits per heavy atom. The molecule has 0 radical (unpaired) electrons. The molecule has 152 valence electrons. The highest BCUT2D eigenvalue weighted by atomic mass is 32.1. The summed E-state index contributed by atoms with van der Waals surface area (Å²) >= 11 is 1.43. The van der Waals surface area contributed by atoms with Gasteiger partial charge in [-0.25, -0.2) is 4.98 Å². The summed E-state index contributed by atoms with van der Waals surface area (Å²) < 4.78 is 1.82. The lowest BCUT2D eigenvalue weighted by Gasteiger charge is -2.09. The van der Waals surface area contributed by atoms with Crippen molar-refractivity contribution in [2.24, 2.45) is 0 Å². The maximum absolute atomic E-state index is 12.6. The van der Waals surface area contributed by atoms with E-state index < -0.39 is 0 Å². The monoisotopic (exact) mass is 418 g/mol. The fourth-order valence-electron chi connectivity index (χ4n) is 3.30. The molecule has 0 aliphatic heterocycles. The molecule has 4 rings (SSSR count). The first-order valence-electron chi connectivity index (χ1n) is 9.51. The Bertz CT molecular complexity index is 1250. The number of thiazole rings is 1. The molecule has 0 atom stereocenters. The number of aromatic nitrogens is 2. The molecule has 0 aliphatic rings. The second-order valence-corrected chi connectivity index (χ2v) is 8.29. The standard InChI is InChI=1S/C23H22N4O2S/c1-14-5-10-18(15(2)11-14)21(28)24-17-8-6-16(7-9-17)19-12-27-20(22(29)26(3)4)13-30-23(27)25-19/h5-13H,1-4H3,(H,24,28). The first kappa shape index (κ1) is 19.8. The van der Waals surface area contributed by atoms with Gasteiger partial charge in [0.2, 0.25) is 0 Å². The van der Waals surface area contributed by atoms with Crippen LogP contribution < -0.4 is 5.32 Å². The first-order valence-corrected chi connectivity index (χ1v) is 10.4. The van der Waals surface area contributed by atoms with E-state index in [1.807, 2.05) is 72.3 Å². The normalized spacial score (nSPS) is 10.9. The molecule has 7 heteroatoms. The average molecular weight is 419 g/mol. The molecule has 2 aromatic carbocycles. The van der Waals surface area contributed by atoms with Crippen molar-refractivity contribution in [3.63, 3.8) is 0 Å². The quantitative estimate of drug-likeness (QED) is 0.525. The topological polar surface area (TPSA) is 66.7 Å². The Morgan fingerprint density at radius 3 is 2.47 bits per heavy atom. The Morgan fingerprint density at radius 1 is 1.07 bits per heavy atom. The van der Waals surface area contributed by atoms with Gasteiger partial charge in [0.1, 0.15) is 5.69 Å². The molecule has 0 fully saturated rings. The van der Waals surface area contributed by atoms with E-state index in [0.717, 1.165) is 27.3 Å². The highest BCUT2D eigenvalue weighted by Gasteiger charge is 2.16. The van der Waals surface area contributed by atoms with Crippen LogP contribution in [0.3, 0.4) is 0 Å². The van der Waals surface area contributed by atoms with Crippen LogP contribution in [-0.2, 0) is 0 Å². The summed E-state index contributed by atoms with van der Waals surface area (Å²) in [4.78, 5) is 31.8. The number of hydrogen-bond donors (Lipinski definition) is 1. The molecule has 0 saturated heterocycles. The van der Waals surface area contributed by atoms with Gasteiger partial charge in [-0.1, -0.05) is 29.8 Å². The molecule has 4 aromatic rings. The van der Waals surface area contributed by atoms with Gasteiger partial charge in [-0.15, -0.1) is 11.3 Å². The second-order valence-electron chi connectivity index (χ2n) is 7.45. The summed E-state index contributed by atoms with van der Waals surface area (Å²) in [7, 11) is 3.46. The van der Waals surface area contributed by atoms with Crippen LogP contribution in [0.25, 0.3) is 16.2 Å². The highest BCUT2D eigenvalue weighted by Crippen LogP contribution is 2.25. The molecule has 0 unspecified atom stereocenters. The van der Waals surface area contributed by atoms with Gasteiger partial charge >= 0.3 is 0 Å². The second kappa shape index (κ2) is 7.76. The predicted molar refractivity (Wildman–Crippen MR) is 120 cm³/mol. The lowest BCUT2D eigenvalue weighted by atomic mass is 10.1. The molecule has 2 amide bonds. The van der Waals surface area contributed by atoms with Crippen LogP contribution in [0.5, 0.6) is 0 Å². The van der Waals surface area contributed by atoms with E-state index in [1.165, 1.54) is 11.3 Å². The predicted octanol–water partition coefficient (Wildman–Crippen LogP) is 4.63. The number of anilines is 1. The number of carbonyl (C=O) groups is 2. The zero-order chi connectivity index (χ0) is 21.4.